The van der Waals surface area contributed by atoms with Crippen LogP contribution in [0.2, 0.25) is 0 Å². The van der Waals surface area contributed by atoms with Gasteiger partial charge in [0.15, 0.2) is 0 Å². The fourth-order valence-electron chi connectivity index (χ4n) is 1.26. The minimum Gasteiger partial charge on any atom is -0.440 e. The van der Waals surface area contributed by atoms with Crippen LogP contribution in [0.5, 0.6) is 0 Å². The summed E-state index contributed by atoms with van der Waals surface area (Å²) in [6.07, 6.45) is 5.67. The monoisotopic (exact) mass is 214 g/mol. The molecule has 80 valence electrons. The molecule has 14 heavy (non-hydrogen) atoms. The maximum atomic E-state index is 5.12. The van der Waals surface area contributed by atoms with E-state index in [1.807, 2.05) is 0 Å². The van der Waals surface area contributed by atoms with Gasteiger partial charge >= 0.3 is 0 Å². The second-order valence-electron chi connectivity index (χ2n) is 3.11. The molecule has 0 atom stereocenters. The molecule has 0 amide bonds. The molecule has 0 aliphatic carbocycles. The van der Waals surface area contributed by atoms with Gasteiger partial charge in [-0.1, -0.05) is 25.6 Å². The van der Waals surface area contributed by atoms with Crippen LogP contribution in [0.3, 0.4) is 0 Å². The highest BCUT2D eigenvalue weighted by molar-refractivity contribution is 7.99. The Labute approximate surface area is 89.7 Å². The molecule has 0 spiro atoms. The van der Waals surface area contributed by atoms with Crippen LogP contribution >= 0.6 is 11.8 Å². The largest absolute Gasteiger partial charge is 0.440 e. The minimum atomic E-state index is 0.653. The Kier molecular flexibility index (Phi) is 5.71. The quantitative estimate of drug-likeness (QED) is 0.559. The van der Waals surface area contributed by atoms with Crippen molar-refractivity contribution in [3.8, 4) is 0 Å². The summed E-state index contributed by atoms with van der Waals surface area (Å²) in [6.45, 7) is 5.43. The zero-order chi connectivity index (χ0) is 10.2. The highest BCUT2D eigenvalue weighted by Gasteiger charge is 2.02. The summed E-state index contributed by atoms with van der Waals surface area (Å²) in [5.41, 5.74) is 0. The molecule has 0 aliphatic rings. The maximum Gasteiger partial charge on any atom is 0.255 e. The molecule has 1 heterocycles. The number of nitrogens with zero attached hydrogens (tertiary/aromatic N) is 1. The van der Waals surface area contributed by atoms with Crippen molar-refractivity contribution in [3.05, 3.63) is 12.5 Å². The van der Waals surface area contributed by atoms with Crippen LogP contribution in [0.1, 0.15) is 26.7 Å². The van der Waals surface area contributed by atoms with Crippen LogP contribution in [0.15, 0.2) is 22.1 Å². The van der Waals surface area contributed by atoms with E-state index in [9.17, 15) is 0 Å². The van der Waals surface area contributed by atoms with E-state index in [-0.39, 0.29) is 0 Å². The van der Waals surface area contributed by atoms with Crippen LogP contribution < -0.4 is 5.32 Å². The molecule has 0 bridgehead atoms. The van der Waals surface area contributed by atoms with Gasteiger partial charge in [-0.25, -0.2) is 4.98 Å². The van der Waals surface area contributed by atoms with Crippen molar-refractivity contribution < 1.29 is 4.42 Å². The van der Waals surface area contributed by atoms with E-state index < -0.39 is 0 Å². The van der Waals surface area contributed by atoms with Crippen molar-refractivity contribution in [2.24, 2.45) is 0 Å². The van der Waals surface area contributed by atoms with Gasteiger partial charge in [0, 0.05) is 18.3 Å². The molecule has 1 aromatic rings. The number of thioether (sulfide) groups is 1. The number of oxazole rings is 1. The summed E-state index contributed by atoms with van der Waals surface area (Å²) in [6, 6.07) is 0.653. The Bertz CT molecular complexity index is 222. The third kappa shape index (κ3) is 4.15. The summed E-state index contributed by atoms with van der Waals surface area (Å²) in [5.74, 6) is 1.01. The second-order valence-corrected chi connectivity index (χ2v) is 4.16. The average Bonchev–Trinajstić information content (AvgIpc) is 2.71. The van der Waals surface area contributed by atoms with Crippen LogP contribution in [-0.4, -0.2) is 23.3 Å². The zero-order valence-electron chi connectivity index (χ0n) is 8.82. The van der Waals surface area contributed by atoms with Gasteiger partial charge in [0.25, 0.3) is 5.22 Å². The Hall–Kier alpha value is -0.480. The van der Waals surface area contributed by atoms with Crippen LogP contribution in [0.25, 0.3) is 0 Å². The third-order valence-corrected chi connectivity index (χ3v) is 3.01. The molecule has 0 unspecified atom stereocenters. The fraction of sp³-hybridized carbons (Fsp3) is 0.700. The van der Waals surface area contributed by atoms with Gasteiger partial charge in [0.1, 0.15) is 6.26 Å². The lowest BCUT2D eigenvalue weighted by molar-refractivity contribution is 0.453. The smallest absolute Gasteiger partial charge is 0.255 e. The van der Waals surface area contributed by atoms with Crippen LogP contribution in [-0.2, 0) is 0 Å². The molecule has 1 rings (SSSR count). The number of nitrogens with one attached hydrogen (secondary N) is 1. The van der Waals surface area contributed by atoms with Gasteiger partial charge in [-0.2, -0.15) is 0 Å². The van der Waals surface area contributed by atoms with E-state index in [1.165, 1.54) is 12.8 Å². The lowest BCUT2D eigenvalue weighted by Crippen LogP contribution is -2.29. The van der Waals surface area contributed by atoms with Crippen molar-refractivity contribution >= 4 is 11.8 Å². The number of rotatable bonds is 7. The topological polar surface area (TPSA) is 38.1 Å². The highest BCUT2D eigenvalue weighted by Crippen LogP contribution is 2.13. The number of hydrogen-bond acceptors (Lipinski definition) is 4. The first-order chi connectivity index (χ1) is 6.86. The molecule has 0 radical (unpaired) electrons. The molecule has 0 aromatic carbocycles. The van der Waals surface area contributed by atoms with Crippen molar-refractivity contribution in [3.63, 3.8) is 0 Å². The van der Waals surface area contributed by atoms with Gasteiger partial charge < -0.3 is 9.73 Å². The van der Waals surface area contributed by atoms with E-state index >= 15 is 0 Å². The van der Waals surface area contributed by atoms with Gasteiger partial charge in [0.05, 0.1) is 6.20 Å². The third-order valence-electron chi connectivity index (χ3n) is 2.16. The van der Waals surface area contributed by atoms with Crippen LogP contribution in [0, 0.1) is 0 Å². The molecule has 1 aromatic heterocycles. The van der Waals surface area contributed by atoms with Crippen LogP contribution in [0.4, 0.5) is 0 Å². The number of aromatic nitrogens is 1. The normalized spacial score (nSPS) is 11.1. The Balaban J connectivity index is 2.04. The second kappa shape index (κ2) is 6.90. The molecule has 0 aliphatic heterocycles. The highest BCUT2D eigenvalue weighted by atomic mass is 32.2. The first-order valence-corrected chi connectivity index (χ1v) is 6.11. The van der Waals surface area contributed by atoms with E-state index in [0.29, 0.717) is 6.04 Å². The minimum absolute atomic E-state index is 0.653. The Morgan fingerprint density at radius 2 is 2.29 bits per heavy atom. The molecule has 3 nitrogen and oxygen atoms in total. The summed E-state index contributed by atoms with van der Waals surface area (Å²) >= 11 is 1.65. The van der Waals surface area contributed by atoms with E-state index in [4.69, 9.17) is 4.42 Å². The van der Waals surface area contributed by atoms with Gasteiger partial charge in [-0.3, -0.25) is 0 Å². The molecular formula is C10H18N2OS. The first-order valence-electron chi connectivity index (χ1n) is 5.12. The molecule has 0 saturated carbocycles. The lowest BCUT2D eigenvalue weighted by Gasteiger charge is -2.13. The molecular weight excluding hydrogens is 196 g/mol. The van der Waals surface area contributed by atoms with Crippen molar-refractivity contribution in [2.45, 2.75) is 38.0 Å². The van der Waals surface area contributed by atoms with Gasteiger partial charge in [-0.05, 0) is 12.8 Å². The average molecular weight is 214 g/mol. The Morgan fingerprint density at radius 1 is 1.50 bits per heavy atom. The molecule has 4 heteroatoms. The van der Waals surface area contributed by atoms with E-state index in [0.717, 1.165) is 17.5 Å². The molecule has 0 fully saturated rings. The van der Waals surface area contributed by atoms with E-state index in [1.54, 1.807) is 24.2 Å². The predicted octanol–water partition coefficient (Wildman–Crippen LogP) is 2.54. The molecule has 1 N–H and O–H groups in total. The fourth-order valence-corrected chi connectivity index (χ4v) is 1.91. The maximum absolute atomic E-state index is 5.12. The number of hydrogen-bond donors (Lipinski definition) is 1. The summed E-state index contributed by atoms with van der Waals surface area (Å²) in [5, 5.41) is 4.25. The van der Waals surface area contributed by atoms with Gasteiger partial charge in [0.2, 0.25) is 0 Å². The summed E-state index contributed by atoms with van der Waals surface area (Å²) in [7, 11) is 0. The summed E-state index contributed by atoms with van der Waals surface area (Å²) in [4.78, 5) is 4.04. The van der Waals surface area contributed by atoms with Crippen molar-refractivity contribution in [2.75, 3.05) is 12.3 Å². The predicted molar refractivity (Wildman–Crippen MR) is 59.6 cm³/mol. The first kappa shape index (κ1) is 11.6. The molecule has 0 saturated heterocycles. The SMILES string of the molecule is CCC(CC)NCCSc1ncco1. The standard InChI is InChI=1S/C10H18N2OS/c1-3-9(4-2)11-6-8-14-10-12-5-7-13-10/h5,7,9,11H,3-4,6,8H2,1-2H3. The zero-order valence-corrected chi connectivity index (χ0v) is 9.64. The van der Waals surface area contributed by atoms with E-state index in [2.05, 4.69) is 24.1 Å². The van der Waals surface area contributed by atoms with Crippen molar-refractivity contribution in [1.29, 1.82) is 0 Å². The lowest BCUT2D eigenvalue weighted by atomic mass is 10.2. The van der Waals surface area contributed by atoms with Gasteiger partial charge in [-0.15, -0.1) is 0 Å². The Morgan fingerprint density at radius 3 is 2.86 bits per heavy atom. The van der Waals surface area contributed by atoms with Crippen molar-refractivity contribution in [1.82, 2.24) is 10.3 Å². The summed E-state index contributed by atoms with van der Waals surface area (Å²) < 4.78 is 5.12.